The average molecular weight is 458 g/mol. The van der Waals surface area contributed by atoms with Gasteiger partial charge in [0, 0.05) is 66.7 Å². The van der Waals surface area contributed by atoms with Gasteiger partial charge in [-0.15, -0.1) is 0 Å². The summed E-state index contributed by atoms with van der Waals surface area (Å²) in [7, 11) is 3.99. The second kappa shape index (κ2) is 7.83. The molecule has 1 atom stereocenters. The zero-order valence-electron chi connectivity index (χ0n) is 19.7. The van der Waals surface area contributed by atoms with E-state index in [0.29, 0.717) is 12.2 Å². The molecule has 2 N–H and O–H groups in total. The molecule has 0 amide bonds. The first-order chi connectivity index (χ1) is 16.1. The Kier molecular flexibility index (Phi) is 5.04. The van der Waals surface area contributed by atoms with E-state index < -0.39 is 4.92 Å². The number of H-pyrrole nitrogens is 1. The van der Waals surface area contributed by atoms with E-state index >= 15 is 0 Å². The van der Waals surface area contributed by atoms with Crippen molar-refractivity contribution in [2.75, 3.05) is 24.3 Å². The maximum atomic E-state index is 13.5. The minimum absolute atomic E-state index is 0.0285. The molecule has 3 aromatic rings. The number of Topliss-reactive ketones (excluding diaryl/α,β-unsaturated/α-hetero) is 1. The summed E-state index contributed by atoms with van der Waals surface area (Å²) >= 11 is 0. The highest BCUT2D eigenvalue weighted by atomic mass is 16.6. The number of nitrogens with zero attached hydrogens (tertiary/aromatic N) is 3. The first-order valence-corrected chi connectivity index (χ1v) is 11.3. The predicted molar refractivity (Wildman–Crippen MR) is 132 cm³/mol. The molecule has 0 radical (unpaired) electrons. The molecule has 0 saturated heterocycles. The summed E-state index contributed by atoms with van der Waals surface area (Å²) in [6.45, 7) is 4.22. The van der Waals surface area contributed by atoms with Crippen molar-refractivity contribution in [3.63, 3.8) is 0 Å². The van der Waals surface area contributed by atoms with Gasteiger partial charge in [-0.05, 0) is 41.7 Å². The lowest BCUT2D eigenvalue weighted by molar-refractivity contribution is -0.384. The lowest BCUT2D eigenvalue weighted by Gasteiger charge is -2.38. The van der Waals surface area contributed by atoms with Crippen LogP contribution in [-0.2, 0) is 4.79 Å². The van der Waals surface area contributed by atoms with Crippen molar-refractivity contribution in [3.8, 4) is 11.3 Å². The van der Waals surface area contributed by atoms with E-state index in [1.54, 1.807) is 12.1 Å². The number of nitrogens with one attached hydrogen (secondary N) is 2. The highest BCUT2D eigenvalue weighted by Crippen LogP contribution is 2.51. The smallest absolute Gasteiger partial charge is 0.269 e. The first kappa shape index (κ1) is 21.9. The highest BCUT2D eigenvalue weighted by Gasteiger charge is 2.42. The van der Waals surface area contributed by atoms with Crippen molar-refractivity contribution in [1.82, 2.24) is 10.2 Å². The molecule has 5 rings (SSSR count). The number of hydrogen-bond donors (Lipinski definition) is 2. The Balaban J connectivity index is 1.68. The van der Waals surface area contributed by atoms with E-state index in [-0.39, 0.29) is 22.8 Å². The van der Waals surface area contributed by atoms with Crippen LogP contribution in [0.4, 0.5) is 17.2 Å². The minimum atomic E-state index is -0.414. The average Bonchev–Trinajstić information content (AvgIpc) is 3.20. The molecule has 2 aromatic carbocycles. The standard InChI is InChI=1S/C26H27N5O3/c1-26(2)13-19-22(20(32)14-26)21(15-5-9-17(10-6-15)30(3)4)23-24(28-29-25(23)27-19)16-7-11-18(12-8-16)31(33)34/h5-12,21H,13-14H2,1-4H3,(H2,27,28,29)/t21-/m1/s1. The quantitative estimate of drug-likeness (QED) is 0.410. The second-order valence-corrected chi connectivity index (χ2v) is 10.0. The maximum Gasteiger partial charge on any atom is 0.269 e. The molecule has 8 heteroatoms. The van der Waals surface area contributed by atoms with E-state index in [4.69, 9.17) is 0 Å². The van der Waals surface area contributed by atoms with Crippen LogP contribution in [0.1, 0.15) is 43.7 Å². The van der Waals surface area contributed by atoms with Gasteiger partial charge in [-0.3, -0.25) is 20.0 Å². The number of allylic oxidation sites excluding steroid dienone is 2. The van der Waals surface area contributed by atoms with Gasteiger partial charge in [0.25, 0.3) is 5.69 Å². The zero-order valence-corrected chi connectivity index (χ0v) is 19.7. The minimum Gasteiger partial charge on any atom is -0.378 e. The molecule has 1 aromatic heterocycles. The van der Waals surface area contributed by atoms with Crippen LogP contribution in [-0.4, -0.2) is 35.0 Å². The van der Waals surface area contributed by atoms with Gasteiger partial charge in [-0.1, -0.05) is 26.0 Å². The Morgan fingerprint density at radius 2 is 1.74 bits per heavy atom. The number of hydrogen-bond acceptors (Lipinski definition) is 6. The molecule has 1 aliphatic carbocycles. The van der Waals surface area contributed by atoms with E-state index in [1.165, 1.54) is 12.1 Å². The monoisotopic (exact) mass is 457 g/mol. The van der Waals surface area contributed by atoms with Crippen molar-refractivity contribution in [2.24, 2.45) is 5.41 Å². The Hall–Kier alpha value is -3.94. The van der Waals surface area contributed by atoms with Crippen molar-refractivity contribution < 1.29 is 9.72 Å². The fourth-order valence-corrected chi connectivity index (χ4v) is 5.06. The van der Waals surface area contributed by atoms with Crippen molar-refractivity contribution in [1.29, 1.82) is 0 Å². The van der Waals surface area contributed by atoms with Crippen LogP contribution in [0.5, 0.6) is 0 Å². The summed E-state index contributed by atoms with van der Waals surface area (Å²) in [6, 6.07) is 14.7. The third kappa shape index (κ3) is 3.65. The van der Waals surface area contributed by atoms with Crippen LogP contribution in [0.15, 0.2) is 59.8 Å². The first-order valence-electron chi connectivity index (χ1n) is 11.3. The number of benzene rings is 2. The molecule has 0 fully saturated rings. The summed E-state index contributed by atoms with van der Waals surface area (Å²) in [5.41, 5.74) is 6.12. The topological polar surface area (TPSA) is 104 Å². The molecule has 2 heterocycles. The highest BCUT2D eigenvalue weighted by molar-refractivity contribution is 6.02. The number of aromatic nitrogens is 2. The van der Waals surface area contributed by atoms with Crippen LogP contribution >= 0.6 is 0 Å². The summed E-state index contributed by atoms with van der Waals surface area (Å²) in [4.78, 5) is 26.2. The van der Waals surface area contributed by atoms with Crippen LogP contribution < -0.4 is 10.2 Å². The van der Waals surface area contributed by atoms with E-state index in [9.17, 15) is 14.9 Å². The molecule has 8 nitrogen and oxygen atoms in total. The fraction of sp³-hybridized carbons (Fsp3) is 0.308. The van der Waals surface area contributed by atoms with Crippen molar-refractivity contribution >= 4 is 23.0 Å². The van der Waals surface area contributed by atoms with Gasteiger partial charge in [-0.2, -0.15) is 5.10 Å². The van der Waals surface area contributed by atoms with Crippen LogP contribution in [0.3, 0.4) is 0 Å². The number of carbonyl (C=O) groups excluding carboxylic acids is 1. The SMILES string of the molecule is CN(C)c1ccc([C@@H]2C3=C(CC(C)(C)CC3=O)Nc3n[nH]c(-c4ccc([N+](=O)[O-])cc4)c32)cc1. The van der Waals surface area contributed by atoms with Crippen molar-refractivity contribution in [2.45, 2.75) is 32.6 Å². The predicted octanol–water partition coefficient (Wildman–Crippen LogP) is 5.25. The Labute approximate surface area is 197 Å². The molecule has 2 aliphatic rings. The number of anilines is 2. The summed E-state index contributed by atoms with van der Waals surface area (Å²) in [5.74, 6) is 0.552. The molecular weight excluding hydrogens is 430 g/mol. The molecule has 1 aliphatic heterocycles. The third-order valence-electron chi connectivity index (χ3n) is 6.68. The maximum absolute atomic E-state index is 13.5. The van der Waals surface area contributed by atoms with E-state index in [2.05, 4.69) is 53.6 Å². The number of non-ortho nitro benzene ring substituents is 1. The number of nitro benzene ring substituents is 1. The molecule has 0 unspecified atom stereocenters. The second-order valence-electron chi connectivity index (χ2n) is 10.0. The van der Waals surface area contributed by atoms with Gasteiger partial charge in [0.1, 0.15) is 0 Å². The number of carbonyl (C=O) groups is 1. The molecule has 0 saturated carbocycles. The van der Waals surface area contributed by atoms with Gasteiger partial charge in [-0.25, -0.2) is 0 Å². The summed E-state index contributed by atoms with van der Waals surface area (Å²) in [5, 5.41) is 22.2. The Morgan fingerprint density at radius 1 is 1.06 bits per heavy atom. The van der Waals surface area contributed by atoms with Crippen molar-refractivity contribution in [3.05, 3.63) is 81.0 Å². The Bertz CT molecular complexity index is 1320. The number of nitro groups is 1. The number of fused-ring (bicyclic) bond motifs is 1. The number of aromatic amines is 1. The largest absolute Gasteiger partial charge is 0.378 e. The Morgan fingerprint density at radius 3 is 2.35 bits per heavy atom. The summed E-state index contributed by atoms with van der Waals surface area (Å²) in [6.07, 6.45) is 1.25. The van der Waals surface area contributed by atoms with Gasteiger partial charge in [0.05, 0.1) is 10.6 Å². The van der Waals surface area contributed by atoms with E-state index in [1.807, 2.05) is 19.0 Å². The van der Waals surface area contributed by atoms with Gasteiger partial charge >= 0.3 is 0 Å². The normalized spacial score (nSPS) is 18.7. The summed E-state index contributed by atoms with van der Waals surface area (Å²) < 4.78 is 0. The lowest BCUT2D eigenvalue weighted by Crippen LogP contribution is -2.33. The van der Waals surface area contributed by atoms with Crippen LogP contribution in [0, 0.1) is 15.5 Å². The molecule has 0 spiro atoms. The number of ketones is 1. The molecule has 174 valence electrons. The fourth-order valence-electron chi connectivity index (χ4n) is 5.06. The van der Waals surface area contributed by atoms with E-state index in [0.717, 1.165) is 45.8 Å². The molecule has 0 bridgehead atoms. The molecule has 34 heavy (non-hydrogen) atoms. The number of rotatable bonds is 4. The van der Waals surface area contributed by atoms with Crippen LogP contribution in [0.2, 0.25) is 0 Å². The lowest BCUT2D eigenvalue weighted by atomic mass is 9.69. The van der Waals surface area contributed by atoms with Crippen LogP contribution in [0.25, 0.3) is 11.3 Å². The van der Waals surface area contributed by atoms with Gasteiger partial charge in [0.15, 0.2) is 11.6 Å². The van der Waals surface area contributed by atoms with Gasteiger partial charge < -0.3 is 10.2 Å². The third-order valence-corrected chi connectivity index (χ3v) is 6.68. The zero-order chi connectivity index (χ0) is 24.2. The van der Waals surface area contributed by atoms with Gasteiger partial charge in [0.2, 0.25) is 0 Å². The molecular formula is C26H27N5O3.